The number of benzene rings is 1. The van der Waals surface area contributed by atoms with E-state index in [-0.39, 0.29) is 0 Å². The molecule has 1 aromatic carbocycles. The minimum absolute atomic E-state index is 0.641. The van der Waals surface area contributed by atoms with Crippen LogP contribution in [0.5, 0.6) is 0 Å². The van der Waals surface area contributed by atoms with Crippen LogP contribution in [0.1, 0.15) is 12.0 Å². The van der Waals surface area contributed by atoms with Gasteiger partial charge in [-0.2, -0.15) is 5.26 Å². The van der Waals surface area contributed by atoms with Gasteiger partial charge in [-0.3, -0.25) is 0 Å². The van der Waals surface area contributed by atoms with Crippen LogP contribution in [0, 0.1) is 11.3 Å². The average Bonchev–Trinajstić information content (AvgIpc) is 2.38. The third-order valence-corrected chi connectivity index (χ3v) is 3.67. The average molecular weight is 263 g/mol. The normalized spacial score (nSPS) is 10.4. The fourth-order valence-electron chi connectivity index (χ4n) is 1.51. The number of para-hydroxylation sites is 1. The predicted octanol–water partition coefficient (Wildman–Crippen LogP) is 3.83. The minimum atomic E-state index is 0.641. The first-order valence-corrected chi connectivity index (χ1v) is 6.86. The van der Waals surface area contributed by atoms with Crippen molar-refractivity contribution in [2.45, 2.75) is 11.4 Å². The van der Waals surface area contributed by atoms with Crippen molar-refractivity contribution >= 4 is 34.3 Å². The van der Waals surface area contributed by atoms with Crippen LogP contribution in [0.4, 0.5) is 0 Å². The van der Waals surface area contributed by atoms with E-state index in [1.807, 2.05) is 30.3 Å². The maximum atomic E-state index is 9.11. The summed E-state index contributed by atoms with van der Waals surface area (Å²) in [5.41, 5.74) is 1.57. The highest BCUT2D eigenvalue weighted by atomic mass is 35.5. The third kappa shape index (κ3) is 2.91. The van der Waals surface area contributed by atoms with Crippen molar-refractivity contribution < 1.29 is 0 Å². The van der Waals surface area contributed by atoms with Gasteiger partial charge in [-0.1, -0.05) is 18.2 Å². The Labute approximate surface area is 110 Å². The van der Waals surface area contributed by atoms with Crippen molar-refractivity contribution in [3.63, 3.8) is 0 Å². The summed E-state index contributed by atoms with van der Waals surface area (Å²) >= 11 is 7.23. The van der Waals surface area contributed by atoms with Gasteiger partial charge in [0.2, 0.25) is 0 Å². The van der Waals surface area contributed by atoms with Crippen molar-refractivity contribution in [2.75, 3.05) is 11.6 Å². The Balaban J connectivity index is 2.36. The van der Waals surface area contributed by atoms with Gasteiger partial charge in [0.25, 0.3) is 0 Å². The molecule has 0 atom stereocenters. The van der Waals surface area contributed by atoms with Gasteiger partial charge in [0.1, 0.15) is 11.1 Å². The van der Waals surface area contributed by atoms with Crippen molar-refractivity contribution in [2.24, 2.45) is 0 Å². The summed E-state index contributed by atoms with van der Waals surface area (Å²) in [5.74, 6) is 1.53. The Hall–Kier alpha value is -1.24. The number of alkyl halides is 1. The van der Waals surface area contributed by atoms with Gasteiger partial charge >= 0.3 is 0 Å². The first kappa shape index (κ1) is 12.2. The molecule has 2 aromatic rings. The lowest BCUT2D eigenvalue weighted by Crippen LogP contribution is -1.90. The topological polar surface area (TPSA) is 36.7 Å². The van der Waals surface area contributed by atoms with Crippen LogP contribution in [0.15, 0.2) is 35.4 Å². The summed E-state index contributed by atoms with van der Waals surface area (Å²) in [4.78, 5) is 4.52. The monoisotopic (exact) mass is 262 g/mol. The molecule has 17 heavy (non-hydrogen) atoms. The van der Waals surface area contributed by atoms with Crippen LogP contribution in [0.3, 0.4) is 0 Å². The summed E-state index contributed by atoms with van der Waals surface area (Å²) in [5, 5.41) is 10.9. The quantitative estimate of drug-likeness (QED) is 0.477. The number of aromatic nitrogens is 1. The highest BCUT2D eigenvalue weighted by molar-refractivity contribution is 7.99. The van der Waals surface area contributed by atoms with E-state index in [0.717, 1.165) is 28.1 Å². The zero-order valence-corrected chi connectivity index (χ0v) is 10.8. The molecule has 0 aliphatic rings. The Bertz CT molecular complexity index is 563. The van der Waals surface area contributed by atoms with Crippen molar-refractivity contribution in [1.82, 2.24) is 4.98 Å². The summed E-state index contributed by atoms with van der Waals surface area (Å²) in [6.07, 6.45) is 0.922. The van der Waals surface area contributed by atoms with E-state index in [1.54, 1.807) is 11.8 Å². The standard InChI is InChI=1S/C13H11ClN2S/c14-6-3-7-17-13-11(9-15)8-10-4-1-2-5-12(10)16-13/h1-2,4-5,8H,3,6-7H2. The number of thioether (sulfide) groups is 1. The maximum absolute atomic E-state index is 9.11. The second-order valence-electron chi connectivity index (χ2n) is 3.54. The Morgan fingerprint density at radius 3 is 2.94 bits per heavy atom. The van der Waals surface area contributed by atoms with Gasteiger partial charge in [0.15, 0.2) is 0 Å². The molecule has 0 spiro atoms. The van der Waals surface area contributed by atoms with Gasteiger partial charge in [-0.15, -0.1) is 23.4 Å². The lowest BCUT2D eigenvalue weighted by molar-refractivity contribution is 1.09. The molecular formula is C13H11ClN2S. The van der Waals surface area contributed by atoms with E-state index < -0.39 is 0 Å². The van der Waals surface area contributed by atoms with E-state index >= 15 is 0 Å². The van der Waals surface area contributed by atoms with Crippen LogP contribution >= 0.6 is 23.4 Å². The lowest BCUT2D eigenvalue weighted by Gasteiger charge is -2.04. The molecular weight excluding hydrogens is 252 g/mol. The summed E-state index contributed by atoms with van der Waals surface area (Å²) in [6, 6.07) is 11.9. The van der Waals surface area contributed by atoms with Gasteiger partial charge in [0.05, 0.1) is 11.1 Å². The minimum Gasteiger partial charge on any atom is -0.240 e. The molecule has 0 aliphatic carbocycles. The number of nitriles is 1. The third-order valence-electron chi connectivity index (χ3n) is 2.33. The number of hydrogen-bond acceptors (Lipinski definition) is 3. The Morgan fingerprint density at radius 1 is 1.35 bits per heavy atom. The molecule has 0 bridgehead atoms. The Kier molecular flexibility index (Phi) is 4.24. The molecule has 0 unspecified atom stereocenters. The van der Waals surface area contributed by atoms with Crippen LogP contribution in [0.2, 0.25) is 0 Å². The predicted molar refractivity (Wildman–Crippen MR) is 72.5 cm³/mol. The second kappa shape index (κ2) is 5.90. The molecule has 2 rings (SSSR count). The highest BCUT2D eigenvalue weighted by Crippen LogP contribution is 2.24. The molecule has 0 fully saturated rings. The number of rotatable bonds is 4. The molecule has 1 aromatic heterocycles. The van der Waals surface area contributed by atoms with E-state index in [1.165, 1.54) is 0 Å². The van der Waals surface area contributed by atoms with Crippen molar-refractivity contribution in [1.29, 1.82) is 5.26 Å². The second-order valence-corrected chi connectivity index (χ2v) is 5.00. The molecule has 0 saturated carbocycles. The van der Waals surface area contributed by atoms with Gasteiger partial charge in [-0.05, 0) is 18.6 Å². The lowest BCUT2D eigenvalue weighted by atomic mass is 10.2. The van der Waals surface area contributed by atoms with Crippen LogP contribution in [-0.2, 0) is 0 Å². The molecule has 2 nitrogen and oxygen atoms in total. The SMILES string of the molecule is N#Cc1cc2ccccc2nc1SCCCCl. The van der Waals surface area contributed by atoms with Gasteiger partial charge in [-0.25, -0.2) is 4.98 Å². The van der Waals surface area contributed by atoms with Crippen molar-refractivity contribution in [3.8, 4) is 6.07 Å². The molecule has 0 radical (unpaired) electrons. The summed E-state index contributed by atoms with van der Waals surface area (Å²) in [7, 11) is 0. The molecule has 86 valence electrons. The fraction of sp³-hybridized carbons (Fsp3) is 0.231. The molecule has 0 amide bonds. The molecule has 0 saturated heterocycles. The van der Waals surface area contributed by atoms with Crippen LogP contribution in [-0.4, -0.2) is 16.6 Å². The zero-order chi connectivity index (χ0) is 12.1. The van der Waals surface area contributed by atoms with Crippen LogP contribution < -0.4 is 0 Å². The first-order chi connectivity index (χ1) is 8.35. The van der Waals surface area contributed by atoms with Crippen molar-refractivity contribution in [3.05, 3.63) is 35.9 Å². The number of nitrogens with zero attached hydrogens (tertiary/aromatic N) is 2. The summed E-state index contributed by atoms with van der Waals surface area (Å²) in [6.45, 7) is 0. The molecule has 4 heteroatoms. The Morgan fingerprint density at radius 2 is 2.18 bits per heavy atom. The summed E-state index contributed by atoms with van der Waals surface area (Å²) < 4.78 is 0. The number of fused-ring (bicyclic) bond motifs is 1. The van der Waals surface area contributed by atoms with Crippen LogP contribution in [0.25, 0.3) is 10.9 Å². The van der Waals surface area contributed by atoms with Gasteiger partial charge < -0.3 is 0 Å². The van der Waals surface area contributed by atoms with E-state index in [2.05, 4.69) is 11.1 Å². The largest absolute Gasteiger partial charge is 0.240 e. The highest BCUT2D eigenvalue weighted by Gasteiger charge is 2.06. The van der Waals surface area contributed by atoms with E-state index in [9.17, 15) is 0 Å². The number of hydrogen-bond donors (Lipinski definition) is 0. The fourth-order valence-corrected chi connectivity index (χ4v) is 2.71. The van der Waals surface area contributed by atoms with E-state index in [0.29, 0.717) is 11.4 Å². The first-order valence-electron chi connectivity index (χ1n) is 5.34. The maximum Gasteiger partial charge on any atom is 0.115 e. The molecule has 1 heterocycles. The molecule has 0 N–H and O–H groups in total. The molecule has 0 aliphatic heterocycles. The zero-order valence-electron chi connectivity index (χ0n) is 9.19. The van der Waals surface area contributed by atoms with E-state index in [4.69, 9.17) is 16.9 Å². The number of pyridine rings is 1. The number of halogens is 1. The smallest absolute Gasteiger partial charge is 0.115 e. The van der Waals surface area contributed by atoms with Gasteiger partial charge in [0, 0.05) is 17.0 Å².